The Morgan fingerprint density at radius 1 is 1.40 bits per heavy atom. The van der Waals surface area contributed by atoms with Gasteiger partial charge in [-0.15, -0.1) is 0 Å². The van der Waals surface area contributed by atoms with Crippen molar-refractivity contribution in [2.45, 2.75) is 33.2 Å². The predicted octanol–water partition coefficient (Wildman–Crippen LogP) is 1.80. The zero-order chi connectivity index (χ0) is 14.5. The van der Waals surface area contributed by atoms with E-state index in [9.17, 15) is 4.79 Å². The molecule has 1 fully saturated rings. The van der Waals surface area contributed by atoms with Crippen molar-refractivity contribution in [2.75, 3.05) is 19.7 Å². The lowest BCUT2D eigenvalue weighted by atomic mass is 9.95. The zero-order valence-corrected chi connectivity index (χ0v) is 12.5. The monoisotopic (exact) mass is 276 g/mol. The van der Waals surface area contributed by atoms with Gasteiger partial charge in [0.1, 0.15) is 5.75 Å². The molecule has 2 N–H and O–H groups in total. The van der Waals surface area contributed by atoms with Crippen LogP contribution in [0.4, 0.5) is 0 Å². The second-order valence-electron chi connectivity index (χ2n) is 5.65. The van der Waals surface area contributed by atoms with Crippen LogP contribution < -0.4 is 15.4 Å². The number of hydrogen-bond acceptors (Lipinski definition) is 3. The summed E-state index contributed by atoms with van der Waals surface area (Å²) < 4.78 is 5.67. The lowest BCUT2D eigenvalue weighted by Crippen LogP contribution is -2.51. The van der Waals surface area contributed by atoms with Crippen molar-refractivity contribution in [3.63, 3.8) is 0 Å². The fraction of sp³-hybridized carbons (Fsp3) is 0.562. The molecule has 0 aromatic heterocycles. The first kappa shape index (κ1) is 14.9. The zero-order valence-electron chi connectivity index (χ0n) is 12.5. The molecule has 1 aliphatic rings. The maximum absolute atomic E-state index is 12.0. The molecule has 1 aliphatic heterocycles. The lowest BCUT2D eigenvalue weighted by Gasteiger charge is -2.30. The van der Waals surface area contributed by atoms with Crippen molar-refractivity contribution in [1.82, 2.24) is 10.6 Å². The van der Waals surface area contributed by atoms with Crippen LogP contribution in [0.25, 0.3) is 0 Å². The number of carbonyl (C=O) groups is 1. The minimum Gasteiger partial charge on any atom is -0.483 e. The van der Waals surface area contributed by atoms with E-state index in [2.05, 4.69) is 17.6 Å². The van der Waals surface area contributed by atoms with Crippen molar-refractivity contribution < 1.29 is 9.53 Å². The molecule has 2 unspecified atom stereocenters. The number of nitrogens with one attached hydrogen (secondary N) is 2. The Morgan fingerprint density at radius 2 is 2.10 bits per heavy atom. The molecule has 1 heterocycles. The van der Waals surface area contributed by atoms with Gasteiger partial charge in [0.25, 0.3) is 5.91 Å². The standard InChI is InChI=1S/C16H24N2O2/c1-11-7-8-17-9-14(11)18-15(19)10-20-16-12(2)5-4-6-13(16)3/h4-6,11,14,17H,7-10H2,1-3H3,(H,18,19). The van der Waals surface area contributed by atoms with Crippen molar-refractivity contribution >= 4 is 5.91 Å². The number of aryl methyl sites for hydroxylation is 2. The first-order chi connectivity index (χ1) is 9.58. The molecule has 0 bridgehead atoms. The summed E-state index contributed by atoms with van der Waals surface area (Å²) in [7, 11) is 0. The molecule has 0 saturated carbocycles. The highest BCUT2D eigenvalue weighted by atomic mass is 16.5. The maximum Gasteiger partial charge on any atom is 0.258 e. The highest BCUT2D eigenvalue weighted by molar-refractivity contribution is 5.78. The Hall–Kier alpha value is -1.55. The van der Waals surface area contributed by atoms with E-state index in [0.717, 1.165) is 36.4 Å². The summed E-state index contributed by atoms with van der Waals surface area (Å²) in [5.74, 6) is 1.28. The number of para-hydroxylation sites is 1. The fourth-order valence-corrected chi connectivity index (χ4v) is 2.60. The van der Waals surface area contributed by atoms with Crippen molar-refractivity contribution in [2.24, 2.45) is 5.92 Å². The van der Waals surface area contributed by atoms with Crippen LogP contribution in [0.5, 0.6) is 5.75 Å². The van der Waals surface area contributed by atoms with E-state index in [4.69, 9.17) is 4.74 Å². The van der Waals surface area contributed by atoms with Gasteiger partial charge in [-0.1, -0.05) is 25.1 Å². The quantitative estimate of drug-likeness (QED) is 0.881. The average molecular weight is 276 g/mol. The Bertz CT molecular complexity index is 453. The normalized spacial score (nSPS) is 22.4. The van der Waals surface area contributed by atoms with Crippen LogP contribution in [0.15, 0.2) is 18.2 Å². The molecule has 1 amide bonds. The van der Waals surface area contributed by atoms with E-state index in [0.29, 0.717) is 5.92 Å². The van der Waals surface area contributed by atoms with Gasteiger partial charge in [-0.3, -0.25) is 4.79 Å². The Morgan fingerprint density at radius 3 is 2.75 bits per heavy atom. The van der Waals surface area contributed by atoms with E-state index in [-0.39, 0.29) is 18.6 Å². The molecule has 0 radical (unpaired) electrons. The molecule has 0 aliphatic carbocycles. The number of piperidine rings is 1. The molecule has 1 aromatic rings. The number of benzene rings is 1. The highest BCUT2D eigenvalue weighted by Gasteiger charge is 2.22. The van der Waals surface area contributed by atoms with Crippen molar-refractivity contribution in [3.8, 4) is 5.75 Å². The summed E-state index contributed by atoms with van der Waals surface area (Å²) in [4.78, 5) is 12.0. The van der Waals surface area contributed by atoms with Gasteiger partial charge < -0.3 is 15.4 Å². The topological polar surface area (TPSA) is 50.4 Å². The largest absolute Gasteiger partial charge is 0.483 e. The second kappa shape index (κ2) is 6.75. The molecule has 4 heteroatoms. The molecular weight excluding hydrogens is 252 g/mol. The SMILES string of the molecule is Cc1cccc(C)c1OCC(=O)NC1CNCCC1C. The van der Waals surface area contributed by atoms with Crippen LogP contribution in [0.3, 0.4) is 0 Å². The summed E-state index contributed by atoms with van der Waals surface area (Å²) in [5.41, 5.74) is 2.12. The van der Waals surface area contributed by atoms with E-state index >= 15 is 0 Å². The minimum atomic E-state index is -0.0480. The highest BCUT2D eigenvalue weighted by Crippen LogP contribution is 2.22. The fourth-order valence-electron chi connectivity index (χ4n) is 2.60. The van der Waals surface area contributed by atoms with Gasteiger partial charge in [0.15, 0.2) is 6.61 Å². The molecule has 2 atom stereocenters. The molecule has 1 aromatic carbocycles. The third kappa shape index (κ3) is 3.73. The van der Waals surface area contributed by atoms with E-state index in [1.54, 1.807) is 0 Å². The number of carbonyl (C=O) groups excluding carboxylic acids is 1. The van der Waals surface area contributed by atoms with Crippen LogP contribution in [0.1, 0.15) is 24.5 Å². The smallest absolute Gasteiger partial charge is 0.258 e. The second-order valence-corrected chi connectivity index (χ2v) is 5.65. The van der Waals surface area contributed by atoms with E-state index in [1.165, 1.54) is 0 Å². The minimum absolute atomic E-state index is 0.0480. The Kier molecular flexibility index (Phi) is 5.01. The molecular formula is C16H24N2O2. The van der Waals surface area contributed by atoms with Gasteiger partial charge >= 0.3 is 0 Å². The molecule has 1 saturated heterocycles. The number of ether oxygens (including phenoxy) is 1. The van der Waals surface area contributed by atoms with Gasteiger partial charge in [-0.25, -0.2) is 0 Å². The number of rotatable bonds is 4. The summed E-state index contributed by atoms with van der Waals surface area (Å²) in [6, 6.07) is 6.19. The van der Waals surface area contributed by atoms with Gasteiger partial charge in [-0.2, -0.15) is 0 Å². The maximum atomic E-state index is 12.0. The van der Waals surface area contributed by atoms with E-state index in [1.807, 2.05) is 32.0 Å². The van der Waals surface area contributed by atoms with Gasteiger partial charge in [0.2, 0.25) is 0 Å². The van der Waals surface area contributed by atoms with Crippen LogP contribution in [0.2, 0.25) is 0 Å². The van der Waals surface area contributed by atoms with Crippen LogP contribution in [-0.2, 0) is 4.79 Å². The summed E-state index contributed by atoms with van der Waals surface area (Å²) >= 11 is 0. The Labute approximate surface area is 120 Å². The first-order valence-corrected chi connectivity index (χ1v) is 7.27. The molecule has 20 heavy (non-hydrogen) atoms. The van der Waals surface area contributed by atoms with Gasteiger partial charge in [0, 0.05) is 12.6 Å². The van der Waals surface area contributed by atoms with Crippen LogP contribution in [-0.4, -0.2) is 31.6 Å². The summed E-state index contributed by atoms with van der Waals surface area (Å²) in [6.45, 7) is 8.12. The first-order valence-electron chi connectivity index (χ1n) is 7.27. The summed E-state index contributed by atoms with van der Waals surface area (Å²) in [5, 5.41) is 6.36. The average Bonchev–Trinajstić information content (AvgIpc) is 2.41. The molecule has 2 rings (SSSR count). The summed E-state index contributed by atoms with van der Waals surface area (Å²) in [6.07, 6.45) is 1.10. The van der Waals surface area contributed by atoms with Crippen LogP contribution in [0, 0.1) is 19.8 Å². The van der Waals surface area contributed by atoms with Crippen LogP contribution >= 0.6 is 0 Å². The third-order valence-electron chi connectivity index (χ3n) is 3.93. The van der Waals surface area contributed by atoms with Gasteiger partial charge in [0.05, 0.1) is 0 Å². The Balaban J connectivity index is 1.86. The molecule has 0 spiro atoms. The van der Waals surface area contributed by atoms with Gasteiger partial charge in [-0.05, 0) is 43.9 Å². The van der Waals surface area contributed by atoms with Crippen molar-refractivity contribution in [3.05, 3.63) is 29.3 Å². The lowest BCUT2D eigenvalue weighted by molar-refractivity contribution is -0.124. The molecule has 110 valence electrons. The predicted molar refractivity (Wildman–Crippen MR) is 80.0 cm³/mol. The number of amides is 1. The van der Waals surface area contributed by atoms with E-state index < -0.39 is 0 Å². The molecule has 4 nitrogen and oxygen atoms in total. The number of hydrogen-bond donors (Lipinski definition) is 2. The van der Waals surface area contributed by atoms with Crippen molar-refractivity contribution in [1.29, 1.82) is 0 Å². The third-order valence-corrected chi connectivity index (χ3v) is 3.93.